The molecule has 0 aromatic carbocycles. The van der Waals surface area contributed by atoms with Gasteiger partial charge in [-0.15, -0.1) is 0 Å². The van der Waals surface area contributed by atoms with Gasteiger partial charge < -0.3 is 14.7 Å². The number of carbonyl (C=O) groups excluding carboxylic acids is 1. The maximum absolute atomic E-state index is 11.4. The van der Waals surface area contributed by atoms with Crippen molar-refractivity contribution in [3.05, 3.63) is 29.6 Å². The minimum atomic E-state index is -1.00. The van der Waals surface area contributed by atoms with Crippen LogP contribution in [0.25, 0.3) is 0 Å². The Hall–Kier alpha value is -2.11. The number of rotatable bonds is 3. The lowest BCUT2D eigenvalue weighted by Gasteiger charge is -2.25. The van der Waals surface area contributed by atoms with Crippen LogP contribution in [-0.4, -0.2) is 40.2 Å². The number of cyclic esters (lactones) is 1. The number of carbonyl (C=O) groups is 2. The summed E-state index contributed by atoms with van der Waals surface area (Å²) in [6.45, 7) is 1.33. The third-order valence-corrected chi connectivity index (χ3v) is 2.47. The summed E-state index contributed by atoms with van der Waals surface area (Å²) in [4.78, 5) is 27.7. The first-order valence-electron chi connectivity index (χ1n) is 5.27. The third-order valence-electron chi connectivity index (χ3n) is 2.47. The van der Waals surface area contributed by atoms with Crippen molar-refractivity contribution < 1.29 is 19.4 Å². The molecule has 2 rings (SSSR count). The van der Waals surface area contributed by atoms with Crippen LogP contribution < -0.4 is 0 Å². The van der Waals surface area contributed by atoms with E-state index in [1.165, 1.54) is 23.2 Å². The molecule has 0 saturated carbocycles. The lowest BCUT2D eigenvalue weighted by atomic mass is 10.2. The van der Waals surface area contributed by atoms with Crippen LogP contribution in [0.2, 0.25) is 0 Å². The van der Waals surface area contributed by atoms with Gasteiger partial charge >= 0.3 is 12.1 Å². The van der Waals surface area contributed by atoms with Gasteiger partial charge in [-0.05, 0) is 18.6 Å². The lowest BCUT2D eigenvalue weighted by molar-refractivity contribution is 0.0695. The van der Waals surface area contributed by atoms with E-state index >= 15 is 0 Å². The van der Waals surface area contributed by atoms with Gasteiger partial charge in [0.05, 0.1) is 24.4 Å². The molecule has 1 aliphatic rings. The second-order valence-corrected chi connectivity index (χ2v) is 3.73. The molecule has 0 atom stereocenters. The van der Waals surface area contributed by atoms with Crippen molar-refractivity contribution in [2.75, 3.05) is 13.2 Å². The Morgan fingerprint density at radius 1 is 1.59 bits per heavy atom. The Labute approximate surface area is 97.8 Å². The van der Waals surface area contributed by atoms with Crippen molar-refractivity contribution in [3.8, 4) is 0 Å². The first-order valence-corrected chi connectivity index (χ1v) is 5.27. The van der Waals surface area contributed by atoms with Crippen LogP contribution in [0.5, 0.6) is 0 Å². The Morgan fingerprint density at radius 2 is 2.41 bits per heavy atom. The quantitative estimate of drug-likeness (QED) is 0.850. The molecule has 1 aromatic heterocycles. The Kier molecular flexibility index (Phi) is 3.22. The Bertz CT molecular complexity index is 447. The van der Waals surface area contributed by atoms with Crippen molar-refractivity contribution in [1.29, 1.82) is 0 Å². The first kappa shape index (κ1) is 11.4. The fourth-order valence-corrected chi connectivity index (χ4v) is 1.63. The smallest absolute Gasteiger partial charge is 0.410 e. The molecule has 6 nitrogen and oxygen atoms in total. The summed E-state index contributed by atoms with van der Waals surface area (Å²) in [7, 11) is 0. The van der Waals surface area contributed by atoms with E-state index in [2.05, 4.69) is 4.98 Å². The number of ether oxygens (including phenoxy) is 1. The maximum atomic E-state index is 11.4. The van der Waals surface area contributed by atoms with Crippen LogP contribution in [0.1, 0.15) is 22.5 Å². The molecule has 90 valence electrons. The zero-order chi connectivity index (χ0) is 12.3. The average molecular weight is 236 g/mol. The highest BCUT2D eigenvalue weighted by Gasteiger charge is 2.20. The maximum Gasteiger partial charge on any atom is 0.410 e. The van der Waals surface area contributed by atoms with Gasteiger partial charge in [-0.25, -0.2) is 9.59 Å². The van der Waals surface area contributed by atoms with E-state index in [9.17, 15) is 9.59 Å². The SMILES string of the molecule is O=C(O)c1ccnc(CN2CCCOC2=O)c1. The van der Waals surface area contributed by atoms with Gasteiger partial charge in [0.1, 0.15) is 0 Å². The lowest BCUT2D eigenvalue weighted by Crippen LogP contribution is -2.37. The zero-order valence-electron chi connectivity index (χ0n) is 9.13. The van der Waals surface area contributed by atoms with Gasteiger partial charge in [0.15, 0.2) is 0 Å². The third kappa shape index (κ3) is 2.72. The predicted molar refractivity (Wildman–Crippen MR) is 57.6 cm³/mol. The molecule has 1 saturated heterocycles. The van der Waals surface area contributed by atoms with Gasteiger partial charge in [-0.1, -0.05) is 0 Å². The summed E-state index contributed by atoms with van der Waals surface area (Å²) in [5.74, 6) is -1.00. The number of aromatic carboxylic acids is 1. The molecule has 17 heavy (non-hydrogen) atoms. The highest BCUT2D eigenvalue weighted by atomic mass is 16.6. The van der Waals surface area contributed by atoms with E-state index in [0.717, 1.165) is 6.42 Å². The van der Waals surface area contributed by atoms with Crippen molar-refractivity contribution >= 4 is 12.1 Å². The Morgan fingerprint density at radius 3 is 3.12 bits per heavy atom. The molecule has 0 unspecified atom stereocenters. The number of pyridine rings is 1. The molecule has 1 aliphatic heterocycles. The zero-order valence-corrected chi connectivity index (χ0v) is 9.13. The van der Waals surface area contributed by atoms with Gasteiger partial charge in [0.2, 0.25) is 0 Å². The summed E-state index contributed by atoms with van der Waals surface area (Å²) >= 11 is 0. The summed E-state index contributed by atoms with van der Waals surface area (Å²) < 4.78 is 4.88. The normalized spacial score (nSPS) is 15.5. The summed E-state index contributed by atoms with van der Waals surface area (Å²) in [5, 5.41) is 8.83. The van der Waals surface area contributed by atoms with Crippen molar-refractivity contribution in [2.24, 2.45) is 0 Å². The number of carboxylic acid groups (broad SMARTS) is 1. The number of hydrogen-bond donors (Lipinski definition) is 1. The first-order chi connectivity index (χ1) is 8.16. The van der Waals surface area contributed by atoms with Crippen molar-refractivity contribution in [3.63, 3.8) is 0 Å². The number of aromatic nitrogens is 1. The van der Waals surface area contributed by atoms with E-state index in [0.29, 0.717) is 18.8 Å². The van der Waals surface area contributed by atoms with Crippen LogP contribution in [0.4, 0.5) is 4.79 Å². The van der Waals surface area contributed by atoms with Crippen LogP contribution in [-0.2, 0) is 11.3 Å². The van der Waals surface area contributed by atoms with E-state index in [4.69, 9.17) is 9.84 Å². The molecule has 2 heterocycles. The molecular weight excluding hydrogens is 224 g/mol. The van der Waals surface area contributed by atoms with E-state index in [1.54, 1.807) is 0 Å². The standard InChI is InChI=1S/C11H12N2O4/c14-10(15)8-2-3-12-9(6-8)7-13-4-1-5-17-11(13)16/h2-3,6H,1,4-5,7H2,(H,14,15). The number of amides is 1. The van der Waals surface area contributed by atoms with Gasteiger partial charge in [0.25, 0.3) is 0 Å². The van der Waals surface area contributed by atoms with E-state index < -0.39 is 5.97 Å². The second kappa shape index (κ2) is 4.82. The van der Waals surface area contributed by atoms with Crippen molar-refractivity contribution in [1.82, 2.24) is 9.88 Å². The fourth-order valence-electron chi connectivity index (χ4n) is 1.63. The summed E-state index contributed by atoms with van der Waals surface area (Å²) in [6, 6.07) is 2.88. The number of carboxylic acids is 1. The topological polar surface area (TPSA) is 79.7 Å². The van der Waals surface area contributed by atoms with E-state index in [1.807, 2.05) is 0 Å². The average Bonchev–Trinajstić information content (AvgIpc) is 2.32. The van der Waals surface area contributed by atoms with Crippen LogP contribution in [0.3, 0.4) is 0 Å². The number of nitrogens with zero attached hydrogens (tertiary/aromatic N) is 2. The molecule has 1 amide bonds. The fraction of sp³-hybridized carbons (Fsp3) is 0.364. The minimum Gasteiger partial charge on any atom is -0.478 e. The second-order valence-electron chi connectivity index (χ2n) is 3.73. The largest absolute Gasteiger partial charge is 0.478 e. The molecule has 0 radical (unpaired) electrons. The monoisotopic (exact) mass is 236 g/mol. The molecule has 1 N–H and O–H groups in total. The molecular formula is C11H12N2O4. The van der Waals surface area contributed by atoms with Crippen LogP contribution in [0, 0.1) is 0 Å². The van der Waals surface area contributed by atoms with Crippen LogP contribution >= 0.6 is 0 Å². The van der Waals surface area contributed by atoms with E-state index in [-0.39, 0.29) is 18.2 Å². The highest BCUT2D eigenvalue weighted by molar-refractivity contribution is 5.87. The van der Waals surface area contributed by atoms with Gasteiger partial charge in [-0.2, -0.15) is 0 Å². The van der Waals surface area contributed by atoms with Gasteiger partial charge in [0, 0.05) is 12.7 Å². The van der Waals surface area contributed by atoms with Crippen molar-refractivity contribution in [2.45, 2.75) is 13.0 Å². The molecule has 6 heteroatoms. The minimum absolute atomic E-state index is 0.167. The molecule has 1 fully saturated rings. The van der Waals surface area contributed by atoms with Gasteiger partial charge in [-0.3, -0.25) is 4.98 Å². The molecule has 1 aromatic rings. The molecule has 0 bridgehead atoms. The molecule has 0 spiro atoms. The summed E-state index contributed by atoms with van der Waals surface area (Å²) in [5.41, 5.74) is 0.712. The molecule has 0 aliphatic carbocycles. The highest BCUT2D eigenvalue weighted by Crippen LogP contribution is 2.10. The Balaban J connectivity index is 2.09. The predicted octanol–water partition coefficient (Wildman–Crippen LogP) is 1.12. The number of hydrogen-bond acceptors (Lipinski definition) is 4. The summed E-state index contributed by atoms with van der Waals surface area (Å²) in [6.07, 6.45) is 1.83. The van der Waals surface area contributed by atoms with Crippen LogP contribution in [0.15, 0.2) is 18.3 Å².